The molecule has 0 radical (unpaired) electrons. The lowest BCUT2D eigenvalue weighted by atomic mass is 10.0. The predicted octanol–water partition coefficient (Wildman–Crippen LogP) is 1.34. The number of carboxylic acids is 1. The van der Waals surface area contributed by atoms with Crippen LogP contribution in [0.1, 0.15) is 49.8 Å². The van der Waals surface area contributed by atoms with Crippen LogP contribution in [0.5, 0.6) is 0 Å². The fourth-order valence-electron chi connectivity index (χ4n) is 3.90. The molecule has 1 saturated heterocycles. The number of hydrogen-bond acceptors (Lipinski definition) is 5. The second-order valence-electron chi connectivity index (χ2n) is 7.43. The smallest absolute Gasteiger partial charge is 0.305 e. The second-order valence-corrected chi connectivity index (χ2v) is 7.43. The zero-order valence-electron chi connectivity index (χ0n) is 16.1. The van der Waals surface area contributed by atoms with Gasteiger partial charge < -0.3 is 20.6 Å². The van der Waals surface area contributed by atoms with Gasteiger partial charge in [-0.25, -0.2) is 4.98 Å². The van der Waals surface area contributed by atoms with Crippen molar-refractivity contribution in [3.05, 3.63) is 23.4 Å². The number of pyridine rings is 1. The molecule has 3 rings (SSSR count). The molecule has 1 fully saturated rings. The van der Waals surface area contributed by atoms with E-state index in [2.05, 4.69) is 22.8 Å². The summed E-state index contributed by atoms with van der Waals surface area (Å²) >= 11 is 0. The van der Waals surface area contributed by atoms with Gasteiger partial charge in [0.2, 0.25) is 11.8 Å². The van der Waals surface area contributed by atoms with Gasteiger partial charge in [0, 0.05) is 31.4 Å². The molecule has 1 unspecified atom stereocenters. The van der Waals surface area contributed by atoms with Crippen molar-refractivity contribution in [3.63, 3.8) is 0 Å². The number of anilines is 1. The molecule has 1 aromatic heterocycles. The highest BCUT2D eigenvalue weighted by Crippen LogP contribution is 2.24. The Bertz CT molecular complexity index is 737. The van der Waals surface area contributed by atoms with Crippen LogP contribution in [-0.4, -0.2) is 58.5 Å². The third-order valence-electron chi connectivity index (χ3n) is 5.36. The highest BCUT2D eigenvalue weighted by atomic mass is 16.4. The van der Waals surface area contributed by atoms with E-state index in [1.54, 1.807) is 4.90 Å². The van der Waals surface area contributed by atoms with Crippen molar-refractivity contribution in [1.29, 1.82) is 0 Å². The Morgan fingerprint density at radius 1 is 1.29 bits per heavy atom. The molecule has 1 atom stereocenters. The zero-order chi connectivity index (χ0) is 19.9. The monoisotopic (exact) mass is 388 g/mol. The Morgan fingerprint density at radius 3 is 2.96 bits per heavy atom. The maximum atomic E-state index is 12.5. The summed E-state index contributed by atoms with van der Waals surface area (Å²) in [7, 11) is 0. The average Bonchev–Trinajstić information content (AvgIpc) is 3.14. The molecule has 0 saturated carbocycles. The normalized spacial score (nSPS) is 18.3. The van der Waals surface area contributed by atoms with Crippen LogP contribution in [0.15, 0.2) is 12.1 Å². The Hall–Kier alpha value is -2.64. The van der Waals surface area contributed by atoms with E-state index in [-0.39, 0.29) is 31.3 Å². The van der Waals surface area contributed by atoms with Gasteiger partial charge in [-0.2, -0.15) is 0 Å². The molecule has 28 heavy (non-hydrogen) atoms. The maximum absolute atomic E-state index is 12.5. The van der Waals surface area contributed by atoms with Crippen molar-refractivity contribution in [2.24, 2.45) is 0 Å². The van der Waals surface area contributed by atoms with E-state index in [4.69, 9.17) is 10.1 Å². The van der Waals surface area contributed by atoms with Crippen molar-refractivity contribution in [2.75, 3.05) is 25.0 Å². The highest BCUT2D eigenvalue weighted by molar-refractivity contribution is 5.97. The summed E-state index contributed by atoms with van der Waals surface area (Å²) < 4.78 is 0. The number of likely N-dealkylation sites (tertiary alicyclic amines) is 1. The number of aryl methyl sites for hydroxylation is 2. The number of hydrogen-bond donors (Lipinski definition) is 3. The molecule has 2 aliphatic heterocycles. The van der Waals surface area contributed by atoms with Gasteiger partial charge in [-0.15, -0.1) is 0 Å². The van der Waals surface area contributed by atoms with Gasteiger partial charge >= 0.3 is 5.97 Å². The molecular weight excluding hydrogens is 360 g/mol. The van der Waals surface area contributed by atoms with E-state index in [9.17, 15) is 14.4 Å². The predicted molar refractivity (Wildman–Crippen MR) is 104 cm³/mol. The molecule has 2 aliphatic rings. The molecule has 0 aromatic carbocycles. The lowest BCUT2D eigenvalue weighted by molar-refractivity contribution is -0.137. The van der Waals surface area contributed by atoms with E-state index >= 15 is 0 Å². The van der Waals surface area contributed by atoms with Crippen LogP contribution >= 0.6 is 0 Å². The standard InChI is InChI=1S/C20H28N4O4/c25-17(21-11-9-19(27)28)13-18(26)24-12-2-4-16(24)8-7-15-6-5-14-3-1-10-22-20(14)23-15/h5-6,16H,1-4,7-13H2,(H,21,25)(H,22,23)(H,27,28). The van der Waals surface area contributed by atoms with Crippen LogP contribution in [0.4, 0.5) is 5.82 Å². The van der Waals surface area contributed by atoms with Crippen LogP contribution in [0.3, 0.4) is 0 Å². The summed E-state index contributed by atoms with van der Waals surface area (Å²) in [5, 5.41) is 14.4. The number of amides is 2. The number of carboxylic acid groups (broad SMARTS) is 1. The number of aliphatic carboxylic acids is 1. The maximum Gasteiger partial charge on any atom is 0.305 e. The lowest BCUT2D eigenvalue weighted by Crippen LogP contribution is -2.39. The highest BCUT2D eigenvalue weighted by Gasteiger charge is 2.29. The minimum Gasteiger partial charge on any atom is -0.481 e. The molecule has 0 spiro atoms. The lowest BCUT2D eigenvalue weighted by Gasteiger charge is -2.25. The molecule has 3 N–H and O–H groups in total. The van der Waals surface area contributed by atoms with Gasteiger partial charge in [-0.3, -0.25) is 14.4 Å². The SMILES string of the molecule is O=C(O)CCNC(=O)CC(=O)N1CCCC1CCc1ccc2c(n1)NCCC2. The molecular formula is C20H28N4O4. The van der Waals surface area contributed by atoms with Crippen LogP contribution in [0, 0.1) is 0 Å². The summed E-state index contributed by atoms with van der Waals surface area (Å²) in [5.74, 6) is -0.590. The molecule has 8 heteroatoms. The van der Waals surface area contributed by atoms with Crippen molar-refractivity contribution >= 4 is 23.6 Å². The van der Waals surface area contributed by atoms with Gasteiger partial charge in [0.15, 0.2) is 0 Å². The van der Waals surface area contributed by atoms with Crippen LogP contribution in [0.25, 0.3) is 0 Å². The quantitative estimate of drug-likeness (QED) is 0.580. The van der Waals surface area contributed by atoms with Gasteiger partial charge in [-0.1, -0.05) is 6.07 Å². The Morgan fingerprint density at radius 2 is 2.14 bits per heavy atom. The molecule has 2 amide bonds. The number of nitrogens with zero attached hydrogens (tertiary/aromatic N) is 2. The van der Waals surface area contributed by atoms with Gasteiger partial charge in [0.25, 0.3) is 0 Å². The van der Waals surface area contributed by atoms with Crippen LogP contribution < -0.4 is 10.6 Å². The Balaban J connectivity index is 1.48. The zero-order valence-corrected chi connectivity index (χ0v) is 16.1. The van der Waals surface area contributed by atoms with E-state index in [1.807, 2.05) is 0 Å². The van der Waals surface area contributed by atoms with E-state index < -0.39 is 11.9 Å². The largest absolute Gasteiger partial charge is 0.481 e. The number of carbonyl (C=O) groups excluding carboxylic acids is 2. The number of aromatic nitrogens is 1. The summed E-state index contributed by atoms with van der Waals surface area (Å²) in [4.78, 5) is 41.3. The van der Waals surface area contributed by atoms with Crippen molar-refractivity contribution in [1.82, 2.24) is 15.2 Å². The first-order valence-corrected chi connectivity index (χ1v) is 10.0. The van der Waals surface area contributed by atoms with Crippen molar-refractivity contribution < 1.29 is 19.5 Å². The van der Waals surface area contributed by atoms with E-state index in [0.717, 1.165) is 56.6 Å². The van der Waals surface area contributed by atoms with Crippen molar-refractivity contribution in [2.45, 2.75) is 57.4 Å². The molecule has 8 nitrogen and oxygen atoms in total. The molecule has 0 bridgehead atoms. The topological polar surface area (TPSA) is 112 Å². The summed E-state index contributed by atoms with van der Waals surface area (Å²) in [5.41, 5.74) is 2.29. The molecule has 1 aromatic rings. The molecule has 0 aliphatic carbocycles. The minimum atomic E-state index is -0.975. The molecule has 152 valence electrons. The van der Waals surface area contributed by atoms with E-state index in [0.29, 0.717) is 6.54 Å². The van der Waals surface area contributed by atoms with Gasteiger partial charge in [0.05, 0.1) is 6.42 Å². The summed E-state index contributed by atoms with van der Waals surface area (Å²) in [6.45, 7) is 1.68. The van der Waals surface area contributed by atoms with E-state index in [1.165, 1.54) is 5.56 Å². The molecule has 3 heterocycles. The first-order chi connectivity index (χ1) is 13.5. The summed E-state index contributed by atoms with van der Waals surface area (Å²) in [6, 6.07) is 4.34. The minimum absolute atomic E-state index is 0.0446. The number of carbonyl (C=O) groups is 3. The fourth-order valence-corrected chi connectivity index (χ4v) is 3.90. The Kier molecular flexibility index (Phi) is 6.84. The first kappa shape index (κ1) is 20.1. The number of rotatable bonds is 8. The second kappa shape index (κ2) is 9.52. The van der Waals surface area contributed by atoms with Crippen LogP contribution in [-0.2, 0) is 27.2 Å². The number of nitrogens with one attached hydrogen (secondary N) is 2. The summed E-state index contributed by atoms with van der Waals surface area (Å²) in [6.07, 6.45) is 5.34. The van der Waals surface area contributed by atoms with Gasteiger partial charge in [0.1, 0.15) is 12.2 Å². The van der Waals surface area contributed by atoms with Gasteiger partial charge in [-0.05, 0) is 50.2 Å². The van der Waals surface area contributed by atoms with Crippen molar-refractivity contribution in [3.8, 4) is 0 Å². The van der Waals surface area contributed by atoms with Crippen LogP contribution in [0.2, 0.25) is 0 Å². The first-order valence-electron chi connectivity index (χ1n) is 10.0. The third kappa shape index (κ3) is 5.43. The third-order valence-corrected chi connectivity index (χ3v) is 5.36. The Labute approximate surface area is 164 Å². The average molecular weight is 388 g/mol. The number of fused-ring (bicyclic) bond motifs is 1. The fraction of sp³-hybridized carbons (Fsp3) is 0.600.